The number of hydrogen-bond acceptors (Lipinski definition) is 3. The molecule has 0 radical (unpaired) electrons. The highest BCUT2D eigenvalue weighted by Crippen LogP contribution is 2.33. The Hall–Kier alpha value is -2.37. The van der Waals surface area contributed by atoms with Crippen LogP contribution in [0, 0.1) is 5.92 Å². The van der Waals surface area contributed by atoms with E-state index in [4.69, 9.17) is 0 Å². The Kier molecular flexibility index (Phi) is 6.06. The Morgan fingerprint density at radius 2 is 1.75 bits per heavy atom. The normalized spacial score (nSPS) is 19.8. The van der Waals surface area contributed by atoms with Gasteiger partial charge in [-0.25, -0.2) is 4.79 Å². The second-order valence-corrected chi connectivity index (χ2v) is 8.59. The summed E-state index contributed by atoms with van der Waals surface area (Å²) in [7, 11) is 0. The monoisotopic (exact) mass is 385 g/mol. The zero-order valence-corrected chi connectivity index (χ0v) is 17.1. The van der Waals surface area contributed by atoms with Gasteiger partial charge in [0, 0.05) is 0 Å². The van der Waals surface area contributed by atoms with Crippen molar-refractivity contribution in [1.82, 2.24) is 15.5 Å². The largest absolute Gasteiger partial charge is 0.348 e. The lowest BCUT2D eigenvalue weighted by atomic mass is 9.82. The lowest BCUT2D eigenvalue weighted by Crippen LogP contribution is -2.49. The van der Waals surface area contributed by atoms with Crippen LogP contribution in [0.15, 0.2) is 24.3 Å². The summed E-state index contributed by atoms with van der Waals surface area (Å²) in [6.45, 7) is 6.04. The van der Waals surface area contributed by atoms with E-state index in [1.165, 1.54) is 5.56 Å². The Morgan fingerprint density at radius 3 is 2.36 bits per heavy atom. The third-order valence-electron chi connectivity index (χ3n) is 5.76. The molecule has 6 nitrogen and oxygen atoms in total. The van der Waals surface area contributed by atoms with Gasteiger partial charge in [-0.3, -0.25) is 14.5 Å². The summed E-state index contributed by atoms with van der Waals surface area (Å²) >= 11 is 0. The Morgan fingerprint density at radius 1 is 1.11 bits per heavy atom. The highest BCUT2D eigenvalue weighted by atomic mass is 16.2. The summed E-state index contributed by atoms with van der Waals surface area (Å²) in [5.41, 5.74) is 1.49. The van der Waals surface area contributed by atoms with Crippen molar-refractivity contribution in [3.63, 3.8) is 0 Å². The van der Waals surface area contributed by atoms with Crippen LogP contribution in [0.4, 0.5) is 4.79 Å². The third kappa shape index (κ3) is 4.37. The average molecular weight is 386 g/mol. The van der Waals surface area contributed by atoms with Gasteiger partial charge in [0.15, 0.2) is 0 Å². The average Bonchev–Trinajstić information content (AvgIpc) is 2.86. The van der Waals surface area contributed by atoms with Crippen molar-refractivity contribution < 1.29 is 14.4 Å². The van der Waals surface area contributed by atoms with Crippen molar-refractivity contribution in [2.45, 2.75) is 70.9 Å². The van der Waals surface area contributed by atoms with Gasteiger partial charge in [-0.15, -0.1) is 0 Å². The molecule has 1 spiro atoms. The molecule has 1 atom stereocenters. The maximum Gasteiger partial charge on any atom is 0.325 e. The molecule has 1 saturated heterocycles. The van der Waals surface area contributed by atoms with Gasteiger partial charge < -0.3 is 10.6 Å². The number of imide groups is 1. The van der Waals surface area contributed by atoms with Crippen LogP contribution in [-0.2, 0) is 16.0 Å². The van der Waals surface area contributed by atoms with E-state index in [0.29, 0.717) is 18.8 Å². The van der Waals surface area contributed by atoms with Gasteiger partial charge in [-0.2, -0.15) is 0 Å². The lowest BCUT2D eigenvalue weighted by molar-refractivity contribution is -0.136. The first-order valence-electron chi connectivity index (χ1n) is 10.3. The standard InChI is InChI=1S/C22H31N3O3/c1-15(2)13-17-7-9-18(10-8-17)16(3)23-19(26)14-25-20(27)22(24-21(25)28)11-5-4-6-12-22/h7-10,15-16H,4-6,11-14H2,1-3H3,(H,23,26)(H,24,28). The fraction of sp³-hybridized carbons (Fsp3) is 0.591. The molecular formula is C22H31N3O3. The molecule has 1 heterocycles. The minimum Gasteiger partial charge on any atom is -0.348 e. The molecule has 1 saturated carbocycles. The number of rotatable bonds is 6. The molecule has 152 valence electrons. The summed E-state index contributed by atoms with van der Waals surface area (Å²) in [4.78, 5) is 38.6. The molecule has 6 heteroatoms. The predicted molar refractivity (Wildman–Crippen MR) is 108 cm³/mol. The van der Waals surface area contributed by atoms with E-state index >= 15 is 0 Å². The Labute approximate surface area is 167 Å². The smallest absolute Gasteiger partial charge is 0.325 e. The number of benzene rings is 1. The van der Waals surface area contributed by atoms with Crippen LogP contribution in [0.1, 0.15) is 70.0 Å². The molecule has 4 amide bonds. The fourth-order valence-electron chi connectivity index (χ4n) is 4.24. The van der Waals surface area contributed by atoms with Crippen LogP contribution in [0.5, 0.6) is 0 Å². The summed E-state index contributed by atoms with van der Waals surface area (Å²) in [6.07, 6.45) is 5.28. The van der Waals surface area contributed by atoms with Gasteiger partial charge in [0.25, 0.3) is 5.91 Å². The van der Waals surface area contributed by atoms with Crippen molar-refractivity contribution in [2.24, 2.45) is 5.92 Å². The van der Waals surface area contributed by atoms with E-state index in [1.807, 2.05) is 19.1 Å². The molecular weight excluding hydrogens is 354 g/mol. The summed E-state index contributed by atoms with van der Waals surface area (Å²) in [5, 5.41) is 5.74. The first-order chi connectivity index (χ1) is 13.3. The van der Waals surface area contributed by atoms with Crippen molar-refractivity contribution in [1.29, 1.82) is 0 Å². The molecule has 1 aromatic rings. The number of nitrogens with one attached hydrogen (secondary N) is 2. The summed E-state index contributed by atoms with van der Waals surface area (Å²) in [6, 6.07) is 7.57. The Balaban J connectivity index is 1.57. The van der Waals surface area contributed by atoms with Crippen molar-refractivity contribution in [3.05, 3.63) is 35.4 Å². The molecule has 2 N–H and O–H groups in total. The first-order valence-corrected chi connectivity index (χ1v) is 10.3. The summed E-state index contributed by atoms with van der Waals surface area (Å²) in [5.74, 6) is 0.0211. The van der Waals surface area contributed by atoms with Gasteiger partial charge in [0.05, 0.1) is 6.04 Å². The van der Waals surface area contributed by atoms with Crippen LogP contribution in [0.3, 0.4) is 0 Å². The quantitative estimate of drug-likeness (QED) is 0.738. The van der Waals surface area contributed by atoms with E-state index in [1.54, 1.807) is 0 Å². The number of urea groups is 1. The molecule has 1 unspecified atom stereocenters. The number of nitrogens with zero attached hydrogens (tertiary/aromatic N) is 1. The maximum atomic E-state index is 12.8. The number of hydrogen-bond donors (Lipinski definition) is 2. The van der Waals surface area contributed by atoms with Gasteiger partial charge in [0.2, 0.25) is 5.91 Å². The molecule has 3 rings (SSSR count). The molecule has 28 heavy (non-hydrogen) atoms. The molecule has 0 aromatic heterocycles. The molecule has 1 aliphatic carbocycles. The zero-order valence-electron chi connectivity index (χ0n) is 17.1. The van der Waals surface area contributed by atoms with E-state index < -0.39 is 11.6 Å². The molecule has 1 aliphatic heterocycles. The van der Waals surface area contributed by atoms with Gasteiger partial charge in [0.1, 0.15) is 12.1 Å². The van der Waals surface area contributed by atoms with Crippen molar-refractivity contribution >= 4 is 17.8 Å². The molecule has 1 aromatic carbocycles. The second-order valence-electron chi connectivity index (χ2n) is 8.59. The topological polar surface area (TPSA) is 78.5 Å². The van der Waals surface area contributed by atoms with E-state index in [-0.39, 0.29) is 24.4 Å². The summed E-state index contributed by atoms with van der Waals surface area (Å²) < 4.78 is 0. The number of amides is 4. The lowest BCUT2D eigenvalue weighted by Gasteiger charge is -2.30. The van der Waals surface area contributed by atoms with Gasteiger partial charge in [-0.1, -0.05) is 57.4 Å². The second kappa shape index (κ2) is 8.33. The number of carbonyl (C=O) groups is 3. The van der Waals surface area contributed by atoms with Crippen molar-refractivity contribution in [3.8, 4) is 0 Å². The van der Waals surface area contributed by atoms with Gasteiger partial charge in [-0.05, 0) is 43.2 Å². The highest BCUT2D eigenvalue weighted by molar-refractivity contribution is 6.09. The van der Waals surface area contributed by atoms with Crippen LogP contribution in [0.2, 0.25) is 0 Å². The van der Waals surface area contributed by atoms with Crippen LogP contribution < -0.4 is 10.6 Å². The van der Waals surface area contributed by atoms with E-state index in [2.05, 4.69) is 36.6 Å². The van der Waals surface area contributed by atoms with Crippen molar-refractivity contribution in [2.75, 3.05) is 6.54 Å². The van der Waals surface area contributed by atoms with Crippen LogP contribution in [0.25, 0.3) is 0 Å². The van der Waals surface area contributed by atoms with Crippen LogP contribution in [-0.4, -0.2) is 34.8 Å². The van der Waals surface area contributed by atoms with E-state index in [0.717, 1.165) is 36.1 Å². The predicted octanol–water partition coefficient (Wildman–Crippen LogP) is 3.32. The van der Waals surface area contributed by atoms with Gasteiger partial charge >= 0.3 is 6.03 Å². The molecule has 2 aliphatic rings. The highest BCUT2D eigenvalue weighted by Gasteiger charge is 2.51. The Bertz CT molecular complexity index is 736. The van der Waals surface area contributed by atoms with Crippen LogP contribution >= 0.6 is 0 Å². The minimum absolute atomic E-state index is 0.190. The molecule has 2 fully saturated rings. The SMILES string of the molecule is CC(C)Cc1ccc(C(C)NC(=O)CN2C(=O)NC3(CCCCC3)C2=O)cc1. The third-order valence-corrected chi connectivity index (χ3v) is 5.76. The first kappa shape index (κ1) is 20.4. The zero-order chi connectivity index (χ0) is 20.3. The minimum atomic E-state index is -0.784. The maximum absolute atomic E-state index is 12.8. The number of carbonyl (C=O) groups excluding carboxylic acids is 3. The van der Waals surface area contributed by atoms with E-state index in [9.17, 15) is 14.4 Å². The molecule has 0 bridgehead atoms. The fourth-order valence-corrected chi connectivity index (χ4v) is 4.24.